The van der Waals surface area contributed by atoms with E-state index >= 15 is 0 Å². The van der Waals surface area contributed by atoms with Crippen LogP contribution in [0.15, 0.2) is 24.5 Å². The number of likely N-dealkylation sites (tertiary alicyclic amines) is 1. The number of imidazole rings is 1. The molecular weight excluding hydrogens is 282 g/mol. The second-order valence-electron chi connectivity index (χ2n) is 5.67. The second-order valence-corrected chi connectivity index (χ2v) is 5.67. The second kappa shape index (κ2) is 6.06. The summed E-state index contributed by atoms with van der Waals surface area (Å²) < 4.78 is 7.40. The summed E-state index contributed by atoms with van der Waals surface area (Å²) in [7, 11) is 0. The van der Waals surface area contributed by atoms with Crippen LogP contribution in [-0.2, 0) is 16.0 Å². The summed E-state index contributed by atoms with van der Waals surface area (Å²) in [6.07, 6.45) is 3.05. The third-order valence-electron chi connectivity index (χ3n) is 4.11. The van der Waals surface area contributed by atoms with Crippen molar-refractivity contribution in [3.63, 3.8) is 0 Å². The lowest BCUT2D eigenvalue weighted by Gasteiger charge is -2.16. The standard InChI is InChI=1S/C16H21N3O3/c1-3-22-14-10-18(9-13(14)20)15(21)7-12-8-17-16-11(2)5-4-6-19(12)16/h4-6,8,13-14,20H,3,7,9-10H2,1-2H3/t13-,14-/m0/s1. The van der Waals surface area contributed by atoms with Crippen LogP contribution in [0.5, 0.6) is 0 Å². The Morgan fingerprint density at radius 1 is 1.50 bits per heavy atom. The number of aromatic nitrogens is 2. The maximum absolute atomic E-state index is 12.5. The molecule has 6 heteroatoms. The number of hydrogen-bond acceptors (Lipinski definition) is 4. The highest BCUT2D eigenvalue weighted by Crippen LogP contribution is 2.17. The Bertz CT molecular complexity index is 682. The summed E-state index contributed by atoms with van der Waals surface area (Å²) in [5.41, 5.74) is 2.81. The third-order valence-corrected chi connectivity index (χ3v) is 4.11. The number of β-amino-alcohol motifs (C(OH)–C–C–N with tert-alkyl or cyclic N) is 1. The van der Waals surface area contributed by atoms with Crippen LogP contribution in [0.25, 0.3) is 5.65 Å². The van der Waals surface area contributed by atoms with Crippen molar-refractivity contribution >= 4 is 11.6 Å². The number of hydrogen-bond donors (Lipinski definition) is 1. The zero-order chi connectivity index (χ0) is 15.7. The molecule has 1 aliphatic heterocycles. The van der Waals surface area contributed by atoms with Gasteiger partial charge in [0.05, 0.1) is 18.2 Å². The number of aliphatic hydroxyl groups is 1. The minimum atomic E-state index is -0.603. The Balaban J connectivity index is 1.73. The fraction of sp³-hybridized carbons (Fsp3) is 0.500. The van der Waals surface area contributed by atoms with Gasteiger partial charge in [0, 0.05) is 32.1 Å². The molecule has 0 bridgehead atoms. The molecule has 0 aliphatic carbocycles. The zero-order valence-corrected chi connectivity index (χ0v) is 12.9. The van der Waals surface area contributed by atoms with E-state index in [9.17, 15) is 9.90 Å². The molecule has 3 heterocycles. The molecule has 1 aliphatic rings. The van der Waals surface area contributed by atoms with Gasteiger partial charge >= 0.3 is 0 Å². The van der Waals surface area contributed by atoms with Crippen molar-refractivity contribution in [3.05, 3.63) is 35.8 Å². The molecule has 1 amide bonds. The minimum absolute atomic E-state index is 0.00967. The van der Waals surface area contributed by atoms with Gasteiger partial charge in [-0.3, -0.25) is 4.79 Å². The Kier molecular flexibility index (Phi) is 4.13. The molecule has 3 rings (SSSR count). The van der Waals surface area contributed by atoms with E-state index in [1.54, 1.807) is 11.1 Å². The summed E-state index contributed by atoms with van der Waals surface area (Å²) in [5, 5.41) is 9.94. The molecule has 6 nitrogen and oxygen atoms in total. The van der Waals surface area contributed by atoms with E-state index in [1.807, 2.05) is 36.6 Å². The van der Waals surface area contributed by atoms with Gasteiger partial charge in [0.2, 0.25) is 5.91 Å². The lowest BCUT2D eigenvalue weighted by atomic mass is 10.2. The van der Waals surface area contributed by atoms with Crippen LogP contribution in [0, 0.1) is 6.92 Å². The first-order chi connectivity index (χ1) is 10.6. The fourth-order valence-electron chi connectivity index (χ4n) is 2.94. The van der Waals surface area contributed by atoms with Crippen molar-refractivity contribution in [1.82, 2.24) is 14.3 Å². The summed E-state index contributed by atoms with van der Waals surface area (Å²) in [5.74, 6) is -0.00967. The molecule has 118 valence electrons. The topological polar surface area (TPSA) is 67.1 Å². The number of carbonyl (C=O) groups excluding carboxylic acids is 1. The van der Waals surface area contributed by atoms with Gasteiger partial charge in [-0.1, -0.05) is 6.07 Å². The number of carbonyl (C=O) groups is 1. The van der Waals surface area contributed by atoms with Crippen molar-refractivity contribution in [2.45, 2.75) is 32.5 Å². The number of fused-ring (bicyclic) bond motifs is 1. The number of amides is 1. The maximum Gasteiger partial charge on any atom is 0.228 e. The fourth-order valence-corrected chi connectivity index (χ4v) is 2.94. The predicted molar refractivity (Wildman–Crippen MR) is 81.6 cm³/mol. The maximum atomic E-state index is 12.5. The molecule has 0 aromatic carbocycles. The van der Waals surface area contributed by atoms with Gasteiger partial charge in [-0.2, -0.15) is 0 Å². The smallest absolute Gasteiger partial charge is 0.228 e. The molecule has 2 aromatic heterocycles. The normalized spacial score (nSPS) is 21.7. The first-order valence-corrected chi connectivity index (χ1v) is 7.59. The molecule has 0 saturated carbocycles. The van der Waals surface area contributed by atoms with E-state index < -0.39 is 6.10 Å². The third kappa shape index (κ3) is 2.71. The summed E-state index contributed by atoms with van der Waals surface area (Å²) in [4.78, 5) is 18.5. The first-order valence-electron chi connectivity index (χ1n) is 7.59. The van der Waals surface area contributed by atoms with Crippen molar-refractivity contribution < 1.29 is 14.6 Å². The molecular formula is C16H21N3O3. The van der Waals surface area contributed by atoms with Gasteiger partial charge in [0.1, 0.15) is 11.8 Å². The van der Waals surface area contributed by atoms with Gasteiger partial charge in [-0.05, 0) is 25.5 Å². The lowest BCUT2D eigenvalue weighted by molar-refractivity contribution is -0.130. The molecule has 2 atom stereocenters. The molecule has 1 fully saturated rings. The lowest BCUT2D eigenvalue weighted by Crippen LogP contribution is -2.31. The number of nitrogens with zero attached hydrogens (tertiary/aromatic N) is 3. The van der Waals surface area contributed by atoms with Crippen molar-refractivity contribution in [3.8, 4) is 0 Å². The number of aliphatic hydroxyl groups excluding tert-OH is 1. The molecule has 0 radical (unpaired) electrons. The summed E-state index contributed by atoms with van der Waals surface area (Å²) >= 11 is 0. The van der Waals surface area contributed by atoms with Crippen molar-refractivity contribution in [2.75, 3.05) is 19.7 Å². The monoisotopic (exact) mass is 303 g/mol. The van der Waals surface area contributed by atoms with E-state index in [-0.39, 0.29) is 18.4 Å². The number of aryl methyl sites for hydroxylation is 1. The average molecular weight is 303 g/mol. The molecule has 1 N–H and O–H groups in total. The predicted octanol–water partition coefficient (Wildman–Crippen LogP) is 0.793. The molecule has 22 heavy (non-hydrogen) atoms. The largest absolute Gasteiger partial charge is 0.388 e. The van der Waals surface area contributed by atoms with E-state index in [1.165, 1.54) is 0 Å². The van der Waals surface area contributed by atoms with E-state index in [2.05, 4.69) is 4.98 Å². The van der Waals surface area contributed by atoms with Crippen molar-refractivity contribution in [2.24, 2.45) is 0 Å². The number of rotatable bonds is 4. The average Bonchev–Trinajstić information content (AvgIpc) is 3.06. The molecule has 2 aromatic rings. The highest BCUT2D eigenvalue weighted by Gasteiger charge is 2.34. The highest BCUT2D eigenvalue weighted by molar-refractivity contribution is 5.79. The Morgan fingerprint density at radius 2 is 2.32 bits per heavy atom. The molecule has 1 saturated heterocycles. The van der Waals surface area contributed by atoms with Crippen LogP contribution in [-0.4, -0.2) is 57.2 Å². The molecule has 0 spiro atoms. The highest BCUT2D eigenvalue weighted by atomic mass is 16.5. The Hall–Kier alpha value is -1.92. The Morgan fingerprint density at radius 3 is 3.09 bits per heavy atom. The number of ether oxygens (including phenoxy) is 1. The quantitative estimate of drug-likeness (QED) is 0.907. The SMILES string of the molecule is CCO[C@H]1CN(C(=O)Cc2cnc3c(C)cccn23)C[C@@H]1O. The Labute approximate surface area is 129 Å². The van der Waals surface area contributed by atoms with Gasteiger partial charge in [0.25, 0.3) is 0 Å². The van der Waals surface area contributed by atoms with Crippen LogP contribution in [0.4, 0.5) is 0 Å². The van der Waals surface area contributed by atoms with Gasteiger partial charge in [-0.25, -0.2) is 4.98 Å². The van der Waals surface area contributed by atoms with E-state index in [0.717, 1.165) is 16.9 Å². The van der Waals surface area contributed by atoms with Gasteiger partial charge in [0.15, 0.2) is 0 Å². The van der Waals surface area contributed by atoms with E-state index in [4.69, 9.17) is 4.74 Å². The summed E-state index contributed by atoms with van der Waals surface area (Å²) in [6.45, 7) is 5.20. The van der Waals surface area contributed by atoms with Gasteiger partial charge < -0.3 is 19.1 Å². The van der Waals surface area contributed by atoms with Gasteiger partial charge in [-0.15, -0.1) is 0 Å². The van der Waals surface area contributed by atoms with Crippen LogP contribution >= 0.6 is 0 Å². The van der Waals surface area contributed by atoms with Crippen LogP contribution in [0.1, 0.15) is 18.2 Å². The number of pyridine rings is 1. The minimum Gasteiger partial charge on any atom is -0.388 e. The van der Waals surface area contributed by atoms with Crippen molar-refractivity contribution in [1.29, 1.82) is 0 Å². The van der Waals surface area contributed by atoms with Crippen LogP contribution in [0.3, 0.4) is 0 Å². The van der Waals surface area contributed by atoms with Crippen LogP contribution < -0.4 is 0 Å². The summed E-state index contributed by atoms with van der Waals surface area (Å²) in [6, 6.07) is 3.94. The molecule has 0 unspecified atom stereocenters. The van der Waals surface area contributed by atoms with E-state index in [0.29, 0.717) is 19.7 Å². The first kappa shape index (κ1) is 15.0. The zero-order valence-electron chi connectivity index (χ0n) is 12.9. The van der Waals surface area contributed by atoms with Crippen LogP contribution in [0.2, 0.25) is 0 Å².